The first kappa shape index (κ1) is 14.9. The van der Waals surface area contributed by atoms with E-state index in [0.29, 0.717) is 12.1 Å². The fourth-order valence-electron chi connectivity index (χ4n) is 2.85. The molecule has 1 rings (SSSR count). The van der Waals surface area contributed by atoms with E-state index < -0.39 is 0 Å². The zero-order valence-electron chi connectivity index (χ0n) is 12.0. The van der Waals surface area contributed by atoms with Crippen LogP contribution in [0.2, 0.25) is 0 Å². The number of nitrogens with one attached hydrogen (secondary N) is 1. The Morgan fingerprint density at radius 3 is 2.71 bits per heavy atom. The SMILES string of the molecule is CCCNC1(CO)CCCC(N(C)C(C)C)C1. The molecule has 1 saturated carbocycles. The van der Waals surface area contributed by atoms with Gasteiger partial charge in [-0.25, -0.2) is 0 Å². The third-order valence-electron chi connectivity index (χ3n) is 4.26. The van der Waals surface area contributed by atoms with Crippen LogP contribution in [-0.2, 0) is 0 Å². The molecule has 3 heteroatoms. The molecular weight excluding hydrogens is 212 g/mol. The van der Waals surface area contributed by atoms with E-state index in [9.17, 15) is 5.11 Å². The normalized spacial score (nSPS) is 30.2. The lowest BCUT2D eigenvalue weighted by atomic mass is 9.78. The molecular formula is C14H30N2O. The van der Waals surface area contributed by atoms with E-state index in [0.717, 1.165) is 25.8 Å². The maximum absolute atomic E-state index is 9.73. The molecule has 0 aromatic carbocycles. The maximum atomic E-state index is 9.73. The second-order valence-electron chi connectivity index (χ2n) is 5.87. The van der Waals surface area contributed by atoms with Crippen LogP contribution in [0.5, 0.6) is 0 Å². The number of hydrogen-bond donors (Lipinski definition) is 2. The van der Waals surface area contributed by atoms with Crippen molar-refractivity contribution in [3.8, 4) is 0 Å². The molecule has 0 spiro atoms. The first-order valence-corrected chi connectivity index (χ1v) is 7.12. The summed E-state index contributed by atoms with van der Waals surface area (Å²) in [5.74, 6) is 0. The highest BCUT2D eigenvalue weighted by Gasteiger charge is 2.36. The molecule has 0 radical (unpaired) electrons. The quantitative estimate of drug-likeness (QED) is 0.748. The van der Waals surface area contributed by atoms with E-state index in [2.05, 4.69) is 38.0 Å². The Morgan fingerprint density at radius 1 is 1.47 bits per heavy atom. The lowest BCUT2D eigenvalue weighted by molar-refractivity contribution is 0.0587. The van der Waals surface area contributed by atoms with Crippen LogP contribution in [0.3, 0.4) is 0 Å². The Bertz CT molecular complexity index is 220. The molecule has 0 heterocycles. The topological polar surface area (TPSA) is 35.5 Å². The van der Waals surface area contributed by atoms with Crippen LogP contribution in [0.4, 0.5) is 0 Å². The molecule has 3 nitrogen and oxygen atoms in total. The predicted octanol–water partition coefficient (Wildman–Crippen LogP) is 2.00. The van der Waals surface area contributed by atoms with Gasteiger partial charge in [-0.2, -0.15) is 0 Å². The summed E-state index contributed by atoms with van der Waals surface area (Å²) >= 11 is 0. The highest BCUT2D eigenvalue weighted by molar-refractivity contribution is 4.96. The summed E-state index contributed by atoms with van der Waals surface area (Å²) in [6.07, 6.45) is 5.82. The number of aliphatic hydroxyl groups excluding tert-OH is 1. The van der Waals surface area contributed by atoms with Crippen LogP contribution in [0.25, 0.3) is 0 Å². The Morgan fingerprint density at radius 2 is 2.18 bits per heavy atom. The minimum atomic E-state index is -0.0257. The van der Waals surface area contributed by atoms with Crippen molar-refractivity contribution in [1.29, 1.82) is 0 Å². The number of nitrogens with zero attached hydrogens (tertiary/aromatic N) is 1. The van der Waals surface area contributed by atoms with E-state index in [1.807, 2.05) is 0 Å². The first-order valence-electron chi connectivity index (χ1n) is 7.12. The molecule has 0 aromatic rings. The van der Waals surface area contributed by atoms with Crippen molar-refractivity contribution in [1.82, 2.24) is 10.2 Å². The van der Waals surface area contributed by atoms with Gasteiger partial charge in [0.25, 0.3) is 0 Å². The van der Waals surface area contributed by atoms with Gasteiger partial charge < -0.3 is 15.3 Å². The Hall–Kier alpha value is -0.120. The summed E-state index contributed by atoms with van der Waals surface area (Å²) in [5.41, 5.74) is -0.0257. The number of rotatable bonds is 6. The summed E-state index contributed by atoms with van der Waals surface area (Å²) < 4.78 is 0. The third-order valence-corrected chi connectivity index (χ3v) is 4.26. The van der Waals surface area contributed by atoms with Crippen molar-refractivity contribution < 1.29 is 5.11 Å². The minimum Gasteiger partial charge on any atom is -0.394 e. The standard InChI is InChI=1S/C14H30N2O/c1-5-9-15-14(11-17)8-6-7-13(10-14)16(4)12(2)3/h12-13,15,17H,5-11H2,1-4H3. The van der Waals surface area contributed by atoms with E-state index in [1.165, 1.54) is 12.8 Å². The molecule has 102 valence electrons. The van der Waals surface area contributed by atoms with Gasteiger partial charge in [0.15, 0.2) is 0 Å². The summed E-state index contributed by atoms with van der Waals surface area (Å²) in [5, 5.41) is 13.3. The summed E-state index contributed by atoms with van der Waals surface area (Å²) in [6.45, 7) is 7.95. The van der Waals surface area contributed by atoms with E-state index in [-0.39, 0.29) is 12.1 Å². The van der Waals surface area contributed by atoms with Crippen LogP contribution < -0.4 is 5.32 Å². The second-order valence-corrected chi connectivity index (χ2v) is 5.87. The molecule has 0 amide bonds. The van der Waals surface area contributed by atoms with Crippen LogP contribution in [0.1, 0.15) is 52.9 Å². The second kappa shape index (κ2) is 6.72. The van der Waals surface area contributed by atoms with Gasteiger partial charge in [0.05, 0.1) is 6.61 Å². The van der Waals surface area contributed by atoms with Gasteiger partial charge in [0.2, 0.25) is 0 Å². The van der Waals surface area contributed by atoms with Crippen molar-refractivity contribution >= 4 is 0 Å². The van der Waals surface area contributed by atoms with Crippen molar-refractivity contribution in [2.45, 2.75) is 70.5 Å². The molecule has 2 atom stereocenters. The Balaban J connectivity index is 2.61. The molecule has 2 unspecified atom stereocenters. The van der Waals surface area contributed by atoms with E-state index in [4.69, 9.17) is 0 Å². The lowest BCUT2D eigenvalue weighted by Gasteiger charge is -2.44. The van der Waals surface area contributed by atoms with Gasteiger partial charge in [0, 0.05) is 17.6 Å². The zero-order valence-corrected chi connectivity index (χ0v) is 12.0. The van der Waals surface area contributed by atoms with Gasteiger partial charge in [-0.3, -0.25) is 0 Å². The number of hydrogen-bond acceptors (Lipinski definition) is 3. The van der Waals surface area contributed by atoms with Crippen molar-refractivity contribution in [2.24, 2.45) is 0 Å². The van der Waals surface area contributed by atoms with Crippen LogP contribution >= 0.6 is 0 Å². The monoisotopic (exact) mass is 242 g/mol. The molecule has 0 bridgehead atoms. The van der Waals surface area contributed by atoms with Gasteiger partial charge in [-0.1, -0.05) is 6.92 Å². The van der Waals surface area contributed by atoms with Crippen molar-refractivity contribution in [3.63, 3.8) is 0 Å². The molecule has 1 aliphatic carbocycles. The molecule has 2 N–H and O–H groups in total. The average Bonchev–Trinajstić information content (AvgIpc) is 2.35. The maximum Gasteiger partial charge on any atom is 0.0613 e. The Labute approximate surface area is 107 Å². The average molecular weight is 242 g/mol. The molecule has 1 aliphatic rings. The van der Waals surface area contributed by atoms with Crippen LogP contribution in [0.15, 0.2) is 0 Å². The van der Waals surface area contributed by atoms with Gasteiger partial charge in [0.1, 0.15) is 0 Å². The third kappa shape index (κ3) is 3.94. The van der Waals surface area contributed by atoms with Gasteiger partial charge >= 0.3 is 0 Å². The highest BCUT2D eigenvalue weighted by atomic mass is 16.3. The Kier molecular flexibility index (Phi) is 5.90. The number of aliphatic hydroxyl groups is 1. The molecule has 17 heavy (non-hydrogen) atoms. The van der Waals surface area contributed by atoms with Crippen molar-refractivity contribution in [2.75, 3.05) is 20.2 Å². The molecule has 0 aromatic heterocycles. The summed E-state index contributed by atoms with van der Waals surface area (Å²) in [7, 11) is 2.21. The summed E-state index contributed by atoms with van der Waals surface area (Å²) in [4.78, 5) is 2.46. The fourth-order valence-corrected chi connectivity index (χ4v) is 2.85. The van der Waals surface area contributed by atoms with Gasteiger partial charge in [-0.05, 0) is 59.5 Å². The highest BCUT2D eigenvalue weighted by Crippen LogP contribution is 2.31. The molecule has 0 aliphatic heterocycles. The van der Waals surface area contributed by atoms with E-state index in [1.54, 1.807) is 0 Å². The molecule has 1 fully saturated rings. The minimum absolute atomic E-state index is 0.0257. The van der Waals surface area contributed by atoms with Crippen molar-refractivity contribution in [3.05, 3.63) is 0 Å². The van der Waals surface area contributed by atoms with E-state index >= 15 is 0 Å². The zero-order chi connectivity index (χ0) is 12.9. The van der Waals surface area contributed by atoms with Crippen LogP contribution in [0, 0.1) is 0 Å². The largest absolute Gasteiger partial charge is 0.394 e. The molecule has 0 saturated heterocycles. The van der Waals surface area contributed by atoms with Gasteiger partial charge in [-0.15, -0.1) is 0 Å². The summed E-state index contributed by atoms with van der Waals surface area (Å²) in [6, 6.07) is 1.20. The lowest BCUT2D eigenvalue weighted by Crippen LogP contribution is -2.56. The van der Waals surface area contributed by atoms with Crippen LogP contribution in [-0.4, -0.2) is 47.8 Å². The fraction of sp³-hybridized carbons (Fsp3) is 1.00. The first-order chi connectivity index (χ1) is 8.04. The predicted molar refractivity (Wildman–Crippen MR) is 73.3 cm³/mol. The smallest absolute Gasteiger partial charge is 0.0613 e.